The fraction of sp³-hybridized carbons (Fsp3) is 0.438. The average Bonchev–Trinajstić information content (AvgIpc) is 2.44. The summed E-state index contributed by atoms with van der Waals surface area (Å²) in [5.74, 6) is 0.546. The average molecular weight is 303 g/mol. The molecule has 0 radical (unpaired) electrons. The molecule has 0 aliphatic carbocycles. The number of carbonyl (C=O) groups excluding carboxylic acids is 1. The monoisotopic (exact) mass is 303 g/mol. The van der Waals surface area contributed by atoms with E-state index in [0.29, 0.717) is 5.75 Å². The first-order valence-corrected chi connectivity index (χ1v) is 8.13. The Labute approximate surface area is 130 Å². The van der Waals surface area contributed by atoms with Crippen LogP contribution in [0.4, 0.5) is 0 Å². The van der Waals surface area contributed by atoms with Gasteiger partial charge in [0.05, 0.1) is 11.3 Å². The van der Waals surface area contributed by atoms with E-state index in [0.717, 1.165) is 15.9 Å². The first-order valence-electron chi connectivity index (χ1n) is 7.14. The number of hydrogen-bond acceptors (Lipinski definition) is 4. The molecule has 0 atom stereocenters. The highest BCUT2D eigenvalue weighted by molar-refractivity contribution is 8.00. The van der Waals surface area contributed by atoms with Gasteiger partial charge in [-0.25, -0.2) is 9.97 Å². The highest BCUT2D eigenvalue weighted by Crippen LogP contribution is 2.24. The predicted molar refractivity (Wildman–Crippen MR) is 87.4 cm³/mol. The maximum atomic E-state index is 12.4. The summed E-state index contributed by atoms with van der Waals surface area (Å²) in [7, 11) is 0. The number of para-hydroxylation sites is 1. The molecular weight excluding hydrogens is 282 g/mol. The second-order valence-electron chi connectivity index (χ2n) is 5.47. The van der Waals surface area contributed by atoms with Gasteiger partial charge in [-0.3, -0.25) is 4.79 Å². The molecule has 112 valence electrons. The third-order valence-corrected chi connectivity index (χ3v) is 4.23. The summed E-state index contributed by atoms with van der Waals surface area (Å²) in [6, 6.07) is 8.28. The molecule has 0 saturated heterocycles. The van der Waals surface area contributed by atoms with Gasteiger partial charge in [-0.2, -0.15) is 0 Å². The molecule has 2 aromatic rings. The maximum absolute atomic E-state index is 12.4. The summed E-state index contributed by atoms with van der Waals surface area (Å²) in [6.45, 7) is 8.18. The van der Waals surface area contributed by atoms with Gasteiger partial charge in [0.25, 0.3) is 0 Å². The summed E-state index contributed by atoms with van der Waals surface area (Å²) in [6.07, 6.45) is 1.55. The summed E-state index contributed by atoms with van der Waals surface area (Å²) >= 11 is 1.48. The largest absolute Gasteiger partial charge is 0.337 e. The lowest BCUT2D eigenvalue weighted by Crippen LogP contribution is -2.43. The lowest BCUT2D eigenvalue weighted by molar-refractivity contribution is -0.131. The topological polar surface area (TPSA) is 46.1 Å². The number of nitrogens with zero attached hydrogens (tertiary/aromatic N) is 3. The smallest absolute Gasteiger partial charge is 0.233 e. The van der Waals surface area contributed by atoms with Crippen LogP contribution in [-0.2, 0) is 4.79 Å². The molecule has 0 saturated carbocycles. The molecule has 0 unspecified atom stereocenters. The van der Waals surface area contributed by atoms with Gasteiger partial charge in [-0.1, -0.05) is 30.0 Å². The Balaban J connectivity index is 2.13. The molecule has 2 rings (SSSR count). The molecule has 0 aliphatic rings. The fourth-order valence-electron chi connectivity index (χ4n) is 2.47. The van der Waals surface area contributed by atoms with Crippen molar-refractivity contribution in [3.05, 3.63) is 30.6 Å². The second kappa shape index (κ2) is 6.89. The molecule has 0 fully saturated rings. The quantitative estimate of drug-likeness (QED) is 0.627. The van der Waals surface area contributed by atoms with Crippen molar-refractivity contribution in [2.75, 3.05) is 5.75 Å². The van der Waals surface area contributed by atoms with Crippen LogP contribution in [0.2, 0.25) is 0 Å². The molecule has 1 aromatic carbocycles. The van der Waals surface area contributed by atoms with Gasteiger partial charge in [0.15, 0.2) is 0 Å². The molecule has 1 aromatic heterocycles. The van der Waals surface area contributed by atoms with Crippen molar-refractivity contribution in [1.29, 1.82) is 0 Å². The first kappa shape index (κ1) is 15.8. The van der Waals surface area contributed by atoms with Crippen LogP contribution in [0, 0.1) is 0 Å². The molecule has 4 nitrogen and oxygen atoms in total. The van der Waals surface area contributed by atoms with E-state index in [1.807, 2.05) is 56.9 Å². The van der Waals surface area contributed by atoms with Gasteiger partial charge in [0.2, 0.25) is 5.91 Å². The molecule has 0 spiro atoms. The Kier molecular flexibility index (Phi) is 5.17. The van der Waals surface area contributed by atoms with E-state index in [4.69, 9.17) is 0 Å². The second-order valence-corrected chi connectivity index (χ2v) is 6.44. The van der Waals surface area contributed by atoms with E-state index < -0.39 is 0 Å². The number of benzene rings is 1. The first-order chi connectivity index (χ1) is 10.0. The van der Waals surface area contributed by atoms with Crippen LogP contribution in [0.5, 0.6) is 0 Å². The Morgan fingerprint density at radius 2 is 1.81 bits per heavy atom. The molecule has 21 heavy (non-hydrogen) atoms. The molecule has 1 heterocycles. The van der Waals surface area contributed by atoms with Crippen LogP contribution in [0.25, 0.3) is 10.9 Å². The molecule has 0 bridgehead atoms. The van der Waals surface area contributed by atoms with E-state index in [-0.39, 0.29) is 18.0 Å². The van der Waals surface area contributed by atoms with Gasteiger partial charge in [-0.05, 0) is 33.8 Å². The lowest BCUT2D eigenvalue weighted by atomic mass is 10.2. The van der Waals surface area contributed by atoms with Crippen LogP contribution in [0.3, 0.4) is 0 Å². The number of fused-ring (bicyclic) bond motifs is 1. The maximum Gasteiger partial charge on any atom is 0.233 e. The van der Waals surface area contributed by atoms with Crippen molar-refractivity contribution < 1.29 is 4.79 Å². The zero-order valence-corrected chi connectivity index (χ0v) is 13.7. The third-order valence-electron chi connectivity index (χ3n) is 3.24. The summed E-state index contributed by atoms with van der Waals surface area (Å²) in [5.41, 5.74) is 0.909. The van der Waals surface area contributed by atoms with Gasteiger partial charge < -0.3 is 4.90 Å². The zero-order valence-electron chi connectivity index (χ0n) is 12.9. The van der Waals surface area contributed by atoms with Gasteiger partial charge in [0, 0.05) is 17.5 Å². The Bertz CT molecular complexity index is 614. The van der Waals surface area contributed by atoms with Crippen molar-refractivity contribution >= 4 is 28.6 Å². The van der Waals surface area contributed by atoms with Gasteiger partial charge in [0.1, 0.15) is 11.4 Å². The number of carbonyl (C=O) groups is 1. The van der Waals surface area contributed by atoms with Crippen LogP contribution in [-0.4, -0.2) is 38.6 Å². The van der Waals surface area contributed by atoms with E-state index in [1.54, 1.807) is 6.33 Å². The van der Waals surface area contributed by atoms with Crippen LogP contribution in [0.1, 0.15) is 27.7 Å². The van der Waals surface area contributed by atoms with Gasteiger partial charge in [-0.15, -0.1) is 0 Å². The third kappa shape index (κ3) is 3.73. The Morgan fingerprint density at radius 1 is 1.14 bits per heavy atom. The van der Waals surface area contributed by atoms with E-state index >= 15 is 0 Å². The number of thioether (sulfide) groups is 1. The zero-order chi connectivity index (χ0) is 15.4. The van der Waals surface area contributed by atoms with Crippen molar-refractivity contribution in [2.24, 2.45) is 0 Å². The Hall–Kier alpha value is -1.62. The van der Waals surface area contributed by atoms with Crippen molar-refractivity contribution in [1.82, 2.24) is 14.9 Å². The summed E-state index contributed by atoms with van der Waals surface area (Å²) in [5, 5.41) is 1.86. The van der Waals surface area contributed by atoms with E-state index in [9.17, 15) is 4.79 Å². The summed E-state index contributed by atoms with van der Waals surface area (Å²) in [4.78, 5) is 22.9. The highest BCUT2D eigenvalue weighted by Gasteiger charge is 2.20. The minimum absolute atomic E-state index is 0.146. The number of rotatable bonds is 5. The molecular formula is C16H21N3OS. The fourth-order valence-corrected chi connectivity index (χ4v) is 3.33. The van der Waals surface area contributed by atoms with Crippen LogP contribution < -0.4 is 0 Å². The van der Waals surface area contributed by atoms with Crippen LogP contribution >= 0.6 is 11.8 Å². The molecule has 0 aliphatic heterocycles. The highest BCUT2D eigenvalue weighted by atomic mass is 32.2. The standard InChI is InChI=1S/C16H21N3OS/c1-11(2)19(12(3)4)15(20)9-21-16-13-7-5-6-8-14(13)17-10-18-16/h5-8,10-12H,9H2,1-4H3. The SMILES string of the molecule is CC(C)N(C(=O)CSc1ncnc2ccccc12)C(C)C. The molecule has 1 amide bonds. The minimum Gasteiger partial charge on any atom is -0.337 e. The van der Waals surface area contributed by atoms with E-state index in [2.05, 4.69) is 9.97 Å². The van der Waals surface area contributed by atoms with Crippen LogP contribution in [0.15, 0.2) is 35.6 Å². The normalized spacial score (nSPS) is 11.3. The number of aromatic nitrogens is 2. The van der Waals surface area contributed by atoms with Crippen molar-refractivity contribution in [3.63, 3.8) is 0 Å². The molecule has 0 N–H and O–H groups in total. The number of hydrogen-bond donors (Lipinski definition) is 0. The molecule has 5 heteroatoms. The van der Waals surface area contributed by atoms with Gasteiger partial charge >= 0.3 is 0 Å². The van der Waals surface area contributed by atoms with Crippen molar-refractivity contribution in [3.8, 4) is 0 Å². The van der Waals surface area contributed by atoms with E-state index in [1.165, 1.54) is 11.8 Å². The Morgan fingerprint density at radius 3 is 2.48 bits per heavy atom. The minimum atomic E-state index is 0.146. The summed E-state index contributed by atoms with van der Waals surface area (Å²) < 4.78 is 0. The predicted octanol–water partition coefficient (Wildman–Crippen LogP) is 3.37. The number of amides is 1. The van der Waals surface area contributed by atoms with Crippen molar-refractivity contribution in [2.45, 2.75) is 44.8 Å². The lowest BCUT2D eigenvalue weighted by Gasteiger charge is -2.30.